The third kappa shape index (κ3) is 7.20. The summed E-state index contributed by atoms with van der Waals surface area (Å²) in [6.45, 7) is 28.2. The molecular formula is C38H59ClN4O. The third-order valence-corrected chi connectivity index (χ3v) is 11.6. The number of likely N-dealkylation sites (tertiary alicyclic amines) is 3. The van der Waals surface area contributed by atoms with Crippen LogP contribution in [0.3, 0.4) is 0 Å². The molecule has 5 nitrogen and oxygen atoms in total. The number of hydrogen-bond donors (Lipinski definition) is 0. The highest BCUT2D eigenvalue weighted by Crippen LogP contribution is 2.44. The highest BCUT2D eigenvalue weighted by atomic mass is 35.5. The van der Waals surface area contributed by atoms with Crippen molar-refractivity contribution in [2.75, 3.05) is 32.7 Å². The van der Waals surface area contributed by atoms with Crippen LogP contribution in [0.15, 0.2) is 48.8 Å². The minimum absolute atomic E-state index is 0.000177. The molecule has 5 rings (SSSR count). The first-order chi connectivity index (χ1) is 20.8. The number of piperidine rings is 1. The highest BCUT2D eigenvalue weighted by molar-refractivity contribution is 6.30. The van der Waals surface area contributed by atoms with E-state index in [0.29, 0.717) is 17.9 Å². The summed E-state index contributed by atoms with van der Waals surface area (Å²) in [7, 11) is 0. The van der Waals surface area contributed by atoms with Gasteiger partial charge >= 0.3 is 0 Å². The quantitative estimate of drug-likeness (QED) is 0.292. The van der Waals surface area contributed by atoms with Gasteiger partial charge in [-0.2, -0.15) is 0 Å². The normalized spacial score (nSPS) is 30.2. The molecule has 3 heterocycles. The van der Waals surface area contributed by atoms with E-state index < -0.39 is 0 Å². The fourth-order valence-electron chi connectivity index (χ4n) is 8.47. The SMILES string of the molecule is C=C(C1C[C@H](N(C(=O)C(C)C)C2CCC(C)CC2)CN1C(=C)[C@@H]1CN(C(C)(C)C)C[C@H]1c1ccc(Cl)cc1)N1CCCCC1. The van der Waals surface area contributed by atoms with Gasteiger partial charge in [0, 0.05) is 78.5 Å². The summed E-state index contributed by atoms with van der Waals surface area (Å²) in [4.78, 5) is 24.1. The van der Waals surface area contributed by atoms with Gasteiger partial charge in [-0.1, -0.05) is 57.7 Å². The number of hydrogen-bond acceptors (Lipinski definition) is 4. The van der Waals surface area contributed by atoms with Gasteiger partial charge in [0.1, 0.15) is 0 Å². The lowest BCUT2D eigenvalue weighted by Gasteiger charge is -2.41. The van der Waals surface area contributed by atoms with Gasteiger partial charge in [0.2, 0.25) is 5.91 Å². The van der Waals surface area contributed by atoms with E-state index in [2.05, 4.69) is 73.3 Å². The van der Waals surface area contributed by atoms with Gasteiger partial charge in [-0.05, 0) is 95.8 Å². The van der Waals surface area contributed by atoms with E-state index in [1.54, 1.807) is 0 Å². The summed E-state index contributed by atoms with van der Waals surface area (Å²) in [5.41, 5.74) is 3.86. The van der Waals surface area contributed by atoms with Crippen molar-refractivity contribution < 1.29 is 4.79 Å². The van der Waals surface area contributed by atoms with Crippen LogP contribution in [0.25, 0.3) is 0 Å². The molecule has 3 aliphatic heterocycles. The predicted molar refractivity (Wildman–Crippen MR) is 185 cm³/mol. The predicted octanol–water partition coefficient (Wildman–Crippen LogP) is 8.17. The van der Waals surface area contributed by atoms with Gasteiger partial charge in [0.15, 0.2) is 0 Å². The van der Waals surface area contributed by atoms with Crippen molar-refractivity contribution >= 4 is 17.5 Å². The number of benzene rings is 1. The molecule has 0 spiro atoms. The van der Waals surface area contributed by atoms with Crippen molar-refractivity contribution in [1.82, 2.24) is 19.6 Å². The molecule has 1 amide bonds. The van der Waals surface area contributed by atoms with Crippen molar-refractivity contribution in [3.05, 3.63) is 59.4 Å². The van der Waals surface area contributed by atoms with E-state index >= 15 is 0 Å². The Hall–Kier alpha value is -1.98. The lowest BCUT2D eigenvalue weighted by Crippen LogP contribution is -2.51. The smallest absolute Gasteiger partial charge is 0.225 e. The average Bonchev–Trinajstić information content (AvgIpc) is 3.64. The lowest BCUT2D eigenvalue weighted by atomic mass is 9.85. The summed E-state index contributed by atoms with van der Waals surface area (Å²) < 4.78 is 0. The molecule has 0 radical (unpaired) electrons. The maximum Gasteiger partial charge on any atom is 0.225 e. The summed E-state index contributed by atoms with van der Waals surface area (Å²) in [6.07, 6.45) is 9.39. The van der Waals surface area contributed by atoms with E-state index in [0.717, 1.165) is 62.9 Å². The van der Waals surface area contributed by atoms with Crippen LogP contribution < -0.4 is 0 Å². The van der Waals surface area contributed by atoms with Crippen LogP contribution in [0, 0.1) is 17.8 Å². The minimum Gasteiger partial charge on any atom is -0.374 e. The summed E-state index contributed by atoms with van der Waals surface area (Å²) in [6, 6.07) is 9.18. The maximum atomic E-state index is 14.0. The Kier molecular flexibility index (Phi) is 10.5. The van der Waals surface area contributed by atoms with Crippen molar-refractivity contribution in [2.24, 2.45) is 17.8 Å². The van der Waals surface area contributed by atoms with Crippen LogP contribution in [-0.2, 0) is 4.79 Å². The van der Waals surface area contributed by atoms with Gasteiger partial charge in [-0.15, -0.1) is 0 Å². The molecule has 4 fully saturated rings. The first-order valence-corrected chi connectivity index (χ1v) is 17.9. The molecular weight excluding hydrogens is 564 g/mol. The Labute approximate surface area is 273 Å². The van der Waals surface area contributed by atoms with E-state index in [1.165, 1.54) is 49.1 Å². The second-order valence-electron chi connectivity index (χ2n) is 15.7. The minimum atomic E-state index is -0.000177. The van der Waals surface area contributed by atoms with Crippen LogP contribution in [0.5, 0.6) is 0 Å². The second-order valence-corrected chi connectivity index (χ2v) is 16.2. The topological polar surface area (TPSA) is 30.0 Å². The summed E-state index contributed by atoms with van der Waals surface area (Å²) >= 11 is 6.33. The molecule has 6 heteroatoms. The number of rotatable bonds is 8. The third-order valence-electron chi connectivity index (χ3n) is 11.3. The average molecular weight is 623 g/mol. The van der Waals surface area contributed by atoms with Gasteiger partial charge in [-0.25, -0.2) is 0 Å². The van der Waals surface area contributed by atoms with Crippen molar-refractivity contribution in [1.29, 1.82) is 0 Å². The van der Waals surface area contributed by atoms with Crippen LogP contribution in [0.1, 0.15) is 104 Å². The molecule has 0 bridgehead atoms. The molecule has 0 N–H and O–H groups in total. The van der Waals surface area contributed by atoms with Crippen LogP contribution >= 0.6 is 11.6 Å². The Bertz CT molecular complexity index is 1160. The standard InChI is InChI=1S/C38H59ClN4O/c1-26(2)37(44)43(32-18-12-27(3)13-19-32)33-22-36(29(5)40-20-10-9-11-21-40)42(23-33)28(4)34-24-41(38(6,7)8)25-35(34)30-14-16-31(39)17-15-30/h14-17,26-27,32-36H,4-5,9-13,18-25H2,1-3,6-8H3/t27?,32?,33-,34-,35-,36?/m0/s1. The number of carbonyl (C=O) groups excluding carboxylic acids is 1. The Morgan fingerprint density at radius 2 is 1.55 bits per heavy atom. The molecule has 3 saturated heterocycles. The zero-order valence-corrected chi connectivity index (χ0v) is 29.3. The molecule has 1 aromatic carbocycles. The van der Waals surface area contributed by atoms with Gasteiger partial charge in [0.25, 0.3) is 0 Å². The molecule has 44 heavy (non-hydrogen) atoms. The van der Waals surface area contributed by atoms with Crippen LogP contribution in [0.2, 0.25) is 5.02 Å². The van der Waals surface area contributed by atoms with Crippen molar-refractivity contribution in [3.8, 4) is 0 Å². The fourth-order valence-corrected chi connectivity index (χ4v) is 8.59. The van der Waals surface area contributed by atoms with Gasteiger partial charge < -0.3 is 14.7 Å². The Morgan fingerprint density at radius 1 is 0.909 bits per heavy atom. The maximum absolute atomic E-state index is 14.0. The van der Waals surface area contributed by atoms with Crippen LogP contribution in [-0.4, -0.2) is 81.9 Å². The summed E-state index contributed by atoms with van der Waals surface area (Å²) in [5, 5.41) is 0.780. The molecule has 1 aromatic rings. The molecule has 244 valence electrons. The largest absolute Gasteiger partial charge is 0.374 e. The van der Waals surface area contributed by atoms with Crippen molar-refractivity contribution in [3.63, 3.8) is 0 Å². The van der Waals surface area contributed by atoms with E-state index in [-0.39, 0.29) is 29.5 Å². The number of carbonyl (C=O) groups is 1. The lowest BCUT2D eigenvalue weighted by molar-refractivity contribution is -0.140. The highest BCUT2D eigenvalue weighted by Gasteiger charge is 2.47. The number of amides is 1. The van der Waals surface area contributed by atoms with Gasteiger partial charge in [-0.3, -0.25) is 9.69 Å². The summed E-state index contributed by atoms with van der Waals surface area (Å²) in [5.74, 6) is 1.71. The molecule has 0 aromatic heterocycles. The van der Waals surface area contributed by atoms with Gasteiger partial charge in [0.05, 0.1) is 12.1 Å². The second kappa shape index (κ2) is 13.8. The first-order valence-electron chi connectivity index (χ1n) is 17.6. The first kappa shape index (κ1) is 33.4. The van der Waals surface area contributed by atoms with Crippen LogP contribution in [0.4, 0.5) is 0 Å². The Balaban J connectivity index is 1.48. The zero-order valence-electron chi connectivity index (χ0n) is 28.5. The fraction of sp³-hybridized carbons (Fsp3) is 0.711. The van der Waals surface area contributed by atoms with E-state index in [9.17, 15) is 4.79 Å². The molecule has 4 atom stereocenters. The van der Waals surface area contributed by atoms with E-state index in [4.69, 9.17) is 24.8 Å². The van der Waals surface area contributed by atoms with Crippen molar-refractivity contribution in [2.45, 2.75) is 122 Å². The number of nitrogens with zero attached hydrogens (tertiary/aromatic N) is 4. The number of halogens is 1. The zero-order chi connectivity index (χ0) is 31.8. The monoisotopic (exact) mass is 622 g/mol. The molecule has 1 saturated carbocycles. The molecule has 1 unspecified atom stereocenters. The van der Waals surface area contributed by atoms with E-state index in [1.807, 2.05) is 12.1 Å². The molecule has 1 aliphatic carbocycles. The Morgan fingerprint density at radius 3 is 2.14 bits per heavy atom. The molecule has 4 aliphatic rings.